The summed E-state index contributed by atoms with van der Waals surface area (Å²) in [6.45, 7) is 5.72. The second-order valence-corrected chi connectivity index (χ2v) is 5.32. The van der Waals surface area contributed by atoms with Crippen molar-refractivity contribution in [3.63, 3.8) is 0 Å². The fraction of sp³-hybridized carbons (Fsp3) is 0.714. The third kappa shape index (κ3) is 2.76. The van der Waals surface area contributed by atoms with Crippen molar-refractivity contribution in [2.75, 3.05) is 7.11 Å². The minimum absolute atomic E-state index is 0.0906. The zero-order chi connectivity index (χ0) is 13.1. The Hall–Kier alpha value is -1.12. The highest BCUT2D eigenvalue weighted by molar-refractivity contribution is 5.88. The van der Waals surface area contributed by atoms with Gasteiger partial charge in [-0.2, -0.15) is 0 Å². The number of carbonyl (C=O) groups excluding carboxylic acids is 2. The number of esters is 1. The lowest BCUT2D eigenvalue weighted by Gasteiger charge is -2.34. The van der Waals surface area contributed by atoms with E-state index in [2.05, 4.69) is 13.8 Å². The number of methoxy groups -OCH3 is 1. The molecule has 1 rings (SSSR count). The molecule has 0 saturated heterocycles. The van der Waals surface area contributed by atoms with Gasteiger partial charge in [0.2, 0.25) is 0 Å². The average molecular weight is 238 g/mol. The summed E-state index contributed by atoms with van der Waals surface area (Å²) in [5.41, 5.74) is -0.648. The molecule has 0 radical (unpaired) electrons. The van der Waals surface area contributed by atoms with Gasteiger partial charge in [-0.25, -0.2) is 0 Å². The molecule has 3 nitrogen and oxygen atoms in total. The lowest BCUT2D eigenvalue weighted by molar-refractivity contribution is -0.159. The molecule has 0 aromatic rings. The summed E-state index contributed by atoms with van der Waals surface area (Å²) in [7, 11) is 1.40. The molecule has 0 heterocycles. The van der Waals surface area contributed by atoms with Crippen LogP contribution in [0, 0.1) is 17.3 Å². The summed E-state index contributed by atoms with van der Waals surface area (Å²) < 4.78 is 4.92. The molecule has 3 heteroatoms. The van der Waals surface area contributed by atoms with Crippen LogP contribution >= 0.6 is 0 Å². The van der Waals surface area contributed by atoms with E-state index >= 15 is 0 Å². The first-order valence-corrected chi connectivity index (χ1v) is 6.18. The van der Waals surface area contributed by atoms with Crippen molar-refractivity contribution >= 4 is 11.8 Å². The highest BCUT2D eigenvalue weighted by Crippen LogP contribution is 2.44. The van der Waals surface area contributed by atoms with E-state index in [9.17, 15) is 9.59 Å². The Labute approximate surface area is 103 Å². The van der Waals surface area contributed by atoms with E-state index in [-0.39, 0.29) is 17.7 Å². The molecule has 0 aromatic heterocycles. The standard InChI is InChI=1S/C14H22O3/c1-10(2)9-12(11(3)15)14(13(16)17-4)7-5-6-8-14/h5-6,10,12H,7-9H2,1-4H3/t12-/m1/s1. The first-order valence-electron chi connectivity index (χ1n) is 6.18. The minimum atomic E-state index is -0.648. The predicted molar refractivity (Wildman–Crippen MR) is 66.4 cm³/mol. The molecule has 0 aliphatic heterocycles. The van der Waals surface area contributed by atoms with Gasteiger partial charge in [0.05, 0.1) is 12.5 Å². The van der Waals surface area contributed by atoms with Crippen LogP contribution in [-0.4, -0.2) is 18.9 Å². The van der Waals surface area contributed by atoms with Gasteiger partial charge in [-0.15, -0.1) is 0 Å². The lowest BCUT2D eigenvalue weighted by atomic mass is 9.68. The summed E-state index contributed by atoms with van der Waals surface area (Å²) in [5, 5.41) is 0. The molecule has 0 aromatic carbocycles. The summed E-state index contributed by atoms with van der Waals surface area (Å²) in [6.07, 6.45) is 5.94. The molecule has 17 heavy (non-hydrogen) atoms. The second kappa shape index (κ2) is 5.48. The number of hydrogen-bond acceptors (Lipinski definition) is 3. The van der Waals surface area contributed by atoms with E-state index in [0.717, 1.165) is 6.42 Å². The predicted octanol–water partition coefficient (Wildman–Crippen LogP) is 2.75. The number of ether oxygens (including phenoxy) is 1. The number of hydrogen-bond donors (Lipinski definition) is 0. The molecule has 0 saturated carbocycles. The third-order valence-corrected chi connectivity index (χ3v) is 3.59. The number of ketones is 1. The first kappa shape index (κ1) is 13.9. The third-order valence-electron chi connectivity index (χ3n) is 3.59. The fourth-order valence-corrected chi connectivity index (χ4v) is 2.72. The first-order chi connectivity index (χ1) is 7.94. The van der Waals surface area contributed by atoms with Crippen LogP contribution in [0.1, 0.15) is 40.0 Å². The van der Waals surface area contributed by atoms with Crippen molar-refractivity contribution < 1.29 is 14.3 Å². The maximum atomic E-state index is 12.0. The summed E-state index contributed by atoms with van der Waals surface area (Å²) >= 11 is 0. The molecule has 1 aliphatic rings. The van der Waals surface area contributed by atoms with Gasteiger partial charge in [0.15, 0.2) is 0 Å². The van der Waals surface area contributed by atoms with Crippen LogP contribution in [0.4, 0.5) is 0 Å². The number of carbonyl (C=O) groups is 2. The normalized spacial score (nSPS) is 19.4. The van der Waals surface area contributed by atoms with E-state index in [1.54, 1.807) is 6.92 Å². The molecule has 0 N–H and O–H groups in total. The SMILES string of the molecule is COC(=O)C1([C@H](CC(C)C)C(C)=O)CC=CC1. The summed E-state index contributed by atoms with van der Waals surface area (Å²) in [6, 6.07) is 0. The van der Waals surface area contributed by atoms with Crippen molar-refractivity contribution in [1.29, 1.82) is 0 Å². The Kier molecular flexibility index (Phi) is 4.49. The van der Waals surface area contributed by atoms with Gasteiger partial charge in [-0.3, -0.25) is 9.59 Å². The van der Waals surface area contributed by atoms with Crippen LogP contribution in [0.5, 0.6) is 0 Å². The highest BCUT2D eigenvalue weighted by atomic mass is 16.5. The van der Waals surface area contributed by atoms with Gasteiger partial charge in [-0.1, -0.05) is 26.0 Å². The van der Waals surface area contributed by atoms with Crippen LogP contribution in [0.15, 0.2) is 12.2 Å². The molecule has 0 fully saturated rings. The Balaban J connectivity index is 3.01. The van der Waals surface area contributed by atoms with Crippen molar-refractivity contribution in [2.45, 2.75) is 40.0 Å². The van der Waals surface area contributed by atoms with Crippen LogP contribution in [0.2, 0.25) is 0 Å². The fourth-order valence-electron chi connectivity index (χ4n) is 2.72. The second-order valence-electron chi connectivity index (χ2n) is 5.32. The van der Waals surface area contributed by atoms with Gasteiger partial charge in [0.1, 0.15) is 5.78 Å². The molecule has 96 valence electrons. The van der Waals surface area contributed by atoms with E-state index < -0.39 is 5.41 Å². The molecule has 1 atom stereocenters. The number of allylic oxidation sites excluding steroid dienone is 2. The van der Waals surface area contributed by atoms with Crippen molar-refractivity contribution in [3.8, 4) is 0 Å². The van der Waals surface area contributed by atoms with Crippen LogP contribution in [-0.2, 0) is 14.3 Å². The zero-order valence-electron chi connectivity index (χ0n) is 11.2. The van der Waals surface area contributed by atoms with Gasteiger partial charge < -0.3 is 4.74 Å². The van der Waals surface area contributed by atoms with Crippen LogP contribution in [0.25, 0.3) is 0 Å². The lowest BCUT2D eigenvalue weighted by Crippen LogP contribution is -2.41. The topological polar surface area (TPSA) is 43.4 Å². The molecule has 1 aliphatic carbocycles. The van der Waals surface area contributed by atoms with Crippen LogP contribution < -0.4 is 0 Å². The number of Topliss-reactive ketones (excluding diaryl/α,β-unsaturated/α-hetero) is 1. The quantitative estimate of drug-likeness (QED) is 0.546. The largest absolute Gasteiger partial charge is 0.469 e. The Morgan fingerprint density at radius 1 is 1.29 bits per heavy atom. The highest BCUT2D eigenvalue weighted by Gasteiger charge is 2.48. The molecule has 0 spiro atoms. The summed E-state index contributed by atoms with van der Waals surface area (Å²) in [5.74, 6) is 0.00660. The molecule has 0 unspecified atom stereocenters. The van der Waals surface area contributed by atoms with Gasteiger partial charge in [-0.05, 0) is 32.1 Å². The maximum Gasteiger partial charge on any atom is 0.313 e. The Bertz CT molecular complexity index is 320. The minimum Gasteiger partial charge on any atom is -0.469 e. The zero-order valence-corrected chi connectivity index (χ0v) is 11.2. The molecular weight excluding hydrogens is 216 g/mol. The van der Waals surface area contributed by atoms with E-state index in [4.69, 9.17) is 4.74 Å². The van der Waals surface area contributed by atoms with Crippen molar-refractivity contribution in [3.05, 3.63) is 12.2 Å². The van der Waals surface area contributed by atoms with E-state index in [1.807, 2.05) is 12.2 Å². The van der Waals surface area contributed by atoms with E-state index in [1.165, 1.54) is 7.11 Å². The monoisotopic (exact) mass is 238 g/mol. The Morgan fingerprint density at radius 3 is 2.18 bits per heavy atom. The van der Waals surface area contributed by atoms with Gasteiger partial charge in [0, 0.05) is 5.92 Å². The molecule has 0 bridgehead atoms. The average Bonchev–Trinajstić information content (AvgIpc) is 2.74. The van der Waals surface area contributed by atoms with Gasteiger partial charge in [0.25, 0.3) is 0 Å². The van der Waals surface area contributed by atoms with Crippen LogP contribution in [0.3, 0.4) is 0 Å². The Morgan fingerprint density at radius 2 is 1.82 bits per heavy atom. The number of rotatable bonds is 5. The molecular formula is C14H22O3. The summed E-state index contributed by atoms with van der Waals surface area (Å²) in [4.78, 5) is 23.9. The van der Waals surface area contributed by atoms with E-state index in [0.29, 0.717) is 18.8 Å². The smallest absolute Gasteiger partial charge is 0.313 e. The van der Waals surface area contributed by atoms with Gasteiger partial charge >= 0.3 is 5.97 Å². The molecule has 0 amide bonds. The maximum absolute atomic E-state index is 12.0. The van der Waals surface area contributed by atoms with Crippen molar-refractivity contribution in [1.82, 2.24) is 0 Å². The van der Waals surface area contributed by atoms with Crippen molar-refractivity contribution in [2.24, 2.45) is 17.3 Å².